The summed E-state index contributed by atoms with van der Waals surface area (Å²) in [7, 11) is -4.67. The van der Waals surface area contributed by atoms with E-state index in [1.54, 1.807) is 0 Å². The van der Waals surface area contributed by atoms with E-state index in [9.17, 15) is 26.4 Å². The summed E-state index contributed by atoms with van der Waals surface area (Å²) >= 11 is 6.78. The minimum Gasteiger partial charge on any atom is -0.472 e. The van der Waals surface area contributed by atoms with Gasteiger partial charge in [-0.15, -0.1) is 0 Å². The summed E-state index contributed by atoms with van der Waals surface area (Å²) < 4.78 is 69.9. The van der Waals surface area contributed by atoms with Crippen molar-refractivity contribution in [3.63, 3.8) is 0 Å². The molecule has 154 valence electrons. The van der Waals surface area contributed by atoms with Crippen LogP contribution in [0.3, 0.4) is 0 Å². The van der Waals surface area contributed by atoms with Crippen LogP contribution >= 0.6 is 23.5 Å². The lowest BCUT2D eigenvalue weighted by atomic mass is 10.2. The van der Waals surface area contributed by atoms with Crippen molar-refractivity contribution in [2.45, 2.75) is 22.7 Å². The van der Waals surface area contributed by atoms with Gasteiger partial charge in [0.2, 0.25) is 11.4 Å². The van der Waals surface area contributed by atoms with E-state index in [0.29, 0.717) is 24.9 Å². The van der Waals surface area contributed by atoms with E-state index in [0.717, 1.165) is 16.6 Å². The molecule has 1 aromatic rings. The normalized spacial score (nSPS) is 20.7. The average molecular weight is 460 g/mol. The SMILES string of the molecule is O=C(ON(C1SC=C(OC2CNC2)N1Cl)S(=O)(=O)c1ccccc1)C(F)(F)F. The van der Waals surface area contributed by atoms with Gasteiger partial charge in [0.25, 0.3) is 10.0 Å². The maximum Gasteiger partial charge on any atom is 0.492 e. The average Bonchev–Trinajstić information content (AvgIpc) is 2.96. The van der Waals surface area contributed by atoms with Gasteiger partial charge in [0, 0.05) is 34.7 Å². The number of sulfonamides is 1. The topological polar surface area (TPSA) is 88.2 Å². The van der Waals surface area contributed by atoms with E-state index in [1.807, 2.05) is 0 Å². The molecule has 2 aliphatic rings. The van der Waals surface area contributed by atoms with Gasteiger partial charge >= 0.3 is 12.1 Å². The molecular formula is C14H13ClF3N3O5S2. The highest BCUT2D eigenvalue weighted by Gasteiger charge is 2.49. The molecule has 0 radical (unpaired) electrons. The number of carbonyl (C=O) groups excluding carboxylic acids is 1. The van der Waals surface area contributed by atoms with Crippen LogP contribution in [0.4, 0.5) is 13.2 Å². The van der Waals surface area contributed by atoms with Gasteiger partial charge in [0.05, 0.1) is 4.90 Å². The molecule has 0 saturated carbocycles. The van der Waals surface area contributed by atoms with Crippen LogP contribution in [-0.4, -0.2) is 54.1 Å². The van der Waals surface area contributed by atoms with Gasteiger partial charge < -0.3 is 14.9 Å². The van der Waals surface area contributed by atoms with Gasteiger partial charge in [-0.25, -0.2) is 17.6 Å². The summed E-state index contributed by atoms with van der Waals surface area (Å²) in [5.41, 5.74) is -1.54. The number of ether oxygens (including phenoxy) is 1. The summed E-state index contributed by atoms with van der Waals surface area (Å²) in [6.07, 6.45) is -5.63. The first-order valence-corrected chi connectivity index (χ1v) is 10.4. The second-order valence-electron chi connectivity index (χ2n) is 5.58. The lowest BCUT2D eigenvalue weighted by Crippen LogP contribution is -2.50. The number of hydrogen-bond acceptors (Lipinski definition) is 8. The quantitative estimate of drug-likeness (QED) is 0.510. The number of nitrogens with one attached hydrogen (secondary N) is 1. The maximum atomic E-state index is 12.8. The number of rotatable bonds is 6. The van der Waals surface area contributed by atoms with Crippen molar-refractivity contribution >= 4 is 39.5 Å². The number of nitrogens with zero attached hydrogens (tertiary/aromatic N) is 2. The van der Waals surface area contributed by atoms with Crippen LogP contribution in [-0.2, 0) is 24.4 Å². The standard InChI is InChI=1S/C14H13ClF3N3O5S2/c15-20-11(25-9-6-19-7-9)8-27-13(20)21(26-12(22)14(16,17)18)28(23,24)10-4-2-1-3-5-10/h1-5,8-9,13,19H,6-7H2. The second kappa shape index (κ2) is 7.99. The van der Waals surface area contributed by atoms with Crippen LogP contribution in [0.15, 0.2) is 46.5 Å². The van der Waals surface area contributed by atoms with Crippen molar-refractivity contribution in [3.8, 4) is 0 Å². The Morgan fingerprint density at radius 1 is 1.29 bits per heavy atom. The number of benzene rings is 1. The molecule has 1 unspecified atom stereocenters. The molecule has 0 amide bonds. The zero-order valence-corrected chi connectivity index (χ0v) is 16.2. The number of carbonyl (C=O) groups is 1. The van der Waals surface area contributed by atoms with E-state index in [2.05, 4.69) is 10.2 Å². The van der Waals surface area contributed by atoms with Crippen molar-refractivity contribution in [2.75, 3.05) is 13.1 Å². The number of alkyl halides is 3. The van der Waals surface area contributed by atoms with E-state index in [-0.39, 0.29) is 21.4 Å². The first-order valence-electron chi connectivity index (χ1n) is 7.67. The Bertz CT molecular complexity index is 865. The van der Waals surface area contributed by atoms with Gasteiger partial charge in [0.15, 0.2) is 0 Å². The second-order valence-corrected chi connectivity index (χ2v) is 8.65. The largest absolute Gasteiger partial charge is 0.492 e. The van der Waals surface area contributed by atoms with Crippen molar-refractivity contribution < 1.29 is 36.0 Å². The highest BCUT2D eigenvalue weighted by atomic mass is 35.5. The summed E-state index contributed by atoms with van der Waals surface area (Å²) in [5.74, 6) is -2.67. The molecule has 14 heteroatoms. The van der Waals surface area contributed by atoms with Gasteiger partial charge in [0.1, 0.15) is 6.10 Å². The fraction of sp³-hybridized carbons (Fsp3) is 0.357. The Hall–Kier alpha value is -1.67. The summed E-state index contributed by atoms with van der Waals surface area (Å²) in [4.78, 5) is 15.2. The molecule has 1 saturated heterocycles. The summed E-state index contributed by atoms with van der Waals surface area (Å²) in [6.45, 7) is 1.07. The molecule has 0 aromatic heterocycles. The van der Waals surface area contributed by atoms with Crippen LogP contribution in [0.25, 0.3) is 0 Å². The number of hydrogen-bond donors (Lipinski definition) is 1. The lowest BCUT2D eigenvalue weighted by Gasteiger charge is -2.32. The molecule has 0 aliphatic carbocycles. The summed E-state index contributed by atoms with van der Waals surface area (Å²) in [5, 5.41) is 4.28. The third-order valence-electron chi connectivity index (χ3n) is 3.59. The Labute approximate surface area is 167 Å². The molecule has 2 heterocycles. The monoisotopic (exact) mass is 459 g/mol. The number of halogens is 4. The first kappa shape index (κ1) is 21.0. The molecular weight excluding hydrogens is 447 g/mol. The van der Waals surface area contributed by atoms with Crippen molar-refractivity contribution in [1.82, 2.24) is 14.2 Å². The fourth-order valence-corrected chi connectivity index (χ4v) is 4.97. The zero-order valence-electron chi connectivity index (χ0n) is 13.8. The number of hydroxylamine groups is 1. The van der Waals surface area contributed by atoms with Crippen LogP contribution in [0, 0.1) is 0 Å². The van der Waals surface area contributed by atoms with E-state index in [1.165, 1.54) is 23.6 Å². The summed E-state index contributed by atoms with van der Waals surface area (Å²) in [6, 6.07) is 6.55. The molecule has 3 rings (SSSR count). The molecule has 1 aromatic carbocycles. The van der Waals surface area contributed by atoms with Gasteiger partial charge in [-0.05, 0) is 12.1 Å². The molecule has 1 fully saturated rings. The van der Waals surface area contributed by atoms with Gasteiger partial charge in [-0.1, -0.05) is 30.0 Å². The highest BCUT2D eigenvalue weighted by Crippen LogP contribution is 2.39. The van der Waals surface area contributed by atoms with Crippen molar-refractivity contribution in [3.05, 3.63) is 41.6 Å². The smallest absolute Gasteiger partial charge is 0.472 e. The predicted molar refractivity (Wildman–Crippen MR) is 92.5 cm³/mol. The molecule has 0 spiro atoms. The predicted octanol–water partition coefficient (Wildman–Crippen LogP) is 1.97. The van der Waals surface area contributed by atoms with Crippen LogP contribution in [0.5, 0.6) is 0 Å². The lowest BCUT2D eigenvalue weighted by molar-refractivity contribution is -0.226. The van der Waals surface area contributed by atoms with Gasteiger partial charge in [-0.3, -0.25) is 0 Å². The zero-order chi connectivity index (χ0) is 20.5. The minimum atomic E-state index is -5.41. The van der Waals surface area contributed by atoms with Crippen molar-refractivity contribution in [2.24, 2.45) is 0 Å². The maximum absolute atomic E-state index is 12.8. The van der Waals surface area contributed by atoms with Gasteiger partial charge in [-0.2, -0.15) is 13.2 Å². The van der Waals surface area contributed by atoms with E-state index in [4.69, 9.17) is 16.5 Å². The Kier molecular flexibility index (Phi) is 6.00. The minimum absolute atomic E-state index is 0.0273. The Morgan fingerprint density at radius 2 is 1.93 bits per heavy atom. The van der Waals surface area contributed by atoms with E-state index < -0.39 is 27.7 Å². The number of thioether (sulfide) groups is 1. The third-order valence-corrected chi connectivity index (χ3v) is 6.79. The Balaban J connectivity index is 1.87. The van der Waals surface area contributed by atoms with Crippen LogP contribution in [0.2, 0.25) is 0 Å². The highest BCUT2D eigenvalue weighted by molar-refractivity contribution is 8.03. The third kappa shape index (κ3) is 4.33. The Morgan fingerprint density at radius 3 is 2.46 bits per heavy atom. The van der Waals surface area contributed by atoms with Crippen molar-refractivity contribution in [1.29, 1.82) is 0 Å². The first-order chi connectivity index (χ1) is 13.1. The fourth-order valence-electron chi connectivity index (χ4n) is 2.10. The van der Waals surface area contributed by atoms with E-state index >= 15 is 0 Å². The molecule has 0 bridgehead atoms. The molecule has 2 aliphatic heterocycles. The molecule has 1 atom stereocenters. The molecule has 1 N–H and O–H groups in total. The van der Waals surface area contributed by atoms with Crippen LogP contribution < -0.4 is 5.32 Å². The van der Waals surface area contributed by atoms with Crippen LogP contribution in [0.1, 0.15) is 0 Å². The molecule has 8 nitrogen and oxygen atoms in total. The molecule has 28 heavy (non-hydrogen) atoms.